The van der Waals surface area contributed by atoms with Gasteiger partial charge in [-0.2, -0.15) is 0 Å². The Morgan fingerprint density at radius 1 is 1.00 bits per heavy atom. The van der Waals surface area contributed by atoms with Gasteiger partial charge in [0.1, 0.15) is 11.6 Å². The van der Waals surface area contributed by atoms with Gasteiger partial charge in [-0.1, -0.05) is 32.0 Å². The number of nitrogens with one attached hydrogen (secondary N) is 1. The van der Waals surface area contributed by atoms with Gasteiger partial charge in [-0.3, -0.25) is 0 Å². The molecule has 0 saturated heterocycles. The molecule has 0 aromatic heterocycles. The lowest BCUT2D eigenvalue weighted by Crippen LogP contribution is -2.22. The van der Waals surface area contributed by atoms with Gasteiger partial charge in [-0.05, 0) is 41.0 Å². The molecule has 0 aliphatic heterocycles. The van der Waals surface area contributed by atoms with Gasteiger partial charge in [-0.15, -0.1) is 0 Å². The summed E-state index contributed by atoms with van der Waals surface area (Å²) in [5.41, 5.74) is 2.45. The first-order valence-electron chi connectivity index (χ1n) is 6.34. The van der Waals surface area contributed by atoms with Gasteiger partial charge in [0.15, 0.2) is 0 Å². The van der Waals surface area contributed by atoms with E-state index in [0.717, 1.165) is 16.7 Å². The summed E-state index contributed by atoms with van der Waals surface area (Å²) in [6, 6.07) is 11.3. The van der Waals surface area contributed by atoms with Crippen molar-refractivity contribution in [3.63, 3.8) is 0 Å². The monoisotopic (exact) mass is 261 g/mol. The zero-order chi connectivity index (χ0) is 13.8. The second kappa shape index (κ2) is 5.93. The predicted molar refractivity (Wildman–Crippen MR) is 73.8 cm³/mol. The van der Waals surface area contributed by atoms with Crippen LogP contribution in [0.1, 0.15) is 19.4 Å². The SMILES string of the molecule is CC(C)NCc1cc(F)ccc1-c1cccc(F)c1. The molecule has 0 bridgehead atoms. The van der Waals surface area contributed by atoms with Crippen LogP contribution in [0.3, 0.4) is 0 Å². The third-order valence-corrected chi connectivity index (χ3v) is 2.90. The van der Waals surface area contributed by atoms with E-state index in [2.05, 4.69) is 5.32 Å². The van der Waals surface area contributed by atoms with Crippen molar-refractivity contribution in [1.29, 1.82) is 0 Å². The Hall–Kier alpha value is -1.74. The predicted octanol–water partition coefficient (Wildman–Crippen LogP) is 4.13. The number of rotatable bonds is 4. The average molecular weight is 261 g/mol. The molecule has 0 fully saturated rings. The molecule has 2 aromatic rings. The number of halogens is 2. The van der Waals surface area contributed by atoms with Gasteiger partial charge >= 0.3 is 0 Å². The summed E-state index contributed by atoms with van der Waals surface area (Å²) in [5.74, 6) is -0.565. The molecule has 100 valence electrons. The summed E-state index contributed by atoms with van der Waals surface area (Å²) in [4.78, 5) is 0. The average Bonchev–Trinajstić information content (AvgIpc) is 2.36. The van der Waals surface area contributed by atoms with E-state index < -0.39 is 0 Å². The molecule has 0 atom stereocenters. The second-order valence-electron chi connectivity index (χ2n) is 4.85. The number of benzene rings is 2. The van der Waals surface area contributed by atoms with Crippen LogP contribution in [0.25, 0.3) is 11.1 Å². The van der Waals surface area contributed by atoms with Gasteiger partial charge in [0, 0.05) is 12.6 Å². The van der Waals surface area contributed by atoms with Crippen molar-refractivity contribution in [2.24, 2.45) is 0 Å². The summed E-state index contributed by atoms with van der Waals surface area (Å²) < 4.78 is 26.7. The Balaban J connectivity index is 2.38. The molecule has 2 aromatic carbocycles. The van der Waals surface area contributed by atoms with Crippen LogP contribution < -0.4 is 5.32 Å². The summed E-state index contributed by atoms with van der Waals surface area (Å²) in [5, 5.41) is 3.25. The lowest BCUT2D eigenvalue weighted by molar-refractivity contribution is 0.582. The molecule has 0 heterocycles. The van der Waals surface area contributed by atoms with Gasteiger partial charge < -0.3 is 5.32 Å². The normalized spacial score (nSPS) is 11.0. The molecular weight excluding hydrogens is 244 g/mol. The van der Waals surface area contributed by atoms with Crippen molar-refractivity contribution >= 4 is 0 Å². The van der Waals surface area contributed by atoms with Crippen LogP contribution >= 0.6 is 0 Å². The summed E-state index contributed by atoms with van der Waals surface area (Å²) >= 11 is 0. The maximum Gasteiger partial charge on any atom is 0.123 e. The molecule has 0 amide bonds. The fourth-order valence-electron chi connectivity index (χ4n) is 1.96. The third-order valence-electron chi connectivity index (χ3n) is 2.90. The van der Waals surface area contributed by atoms with Crippen molar-refractivity contribution in [2.45, 2.75) is 26.4 Å². The Morgan fingerprint density at radius 3 is 2.42 bits per heavy atom. The van der Waals surface area contributed by atoms with Crippen LogP contribution in [0, 0.1) is 11.6 Å². The standard InChI is InChI=1S/C16H17F2N/c1-11(2)19-10-13-9-15(18)6-7-16(13)12-4-3-5-14(17)8-12/h3-9,11,19H,10H2,1-2H3. The summed E-state index contributed by atoms with van der Waals surface area (Å²) in [6.45, 7) is 4.61. The molecule has 19 heavy (non-hydrogen) atoms. The summed E-state index contributed by atoms with van der Waals surface area (Å²) in [7, 11) is 0. The Morgan fingerprint density at radius 2 is 1.74 bits per heavy atom. The highest BCUT2D eigenvalue weighted by Gasteiger charge is 2.08. The quantitative estimate of drug-likeness (QED) is 0.872. The lowest BCUT2D eigenvalue weighted by atomic mass is 9.99. The molecule has 0 aliphatic carbocycles. The van der Waals surface area contributed by atoms with E-state index in [0.29, 0.717) is 12.6 Å². The first-order chi connectivity index (χ1) is 9.06. The molecular formula is C16H17F2N. The van der Waals surface area contributed by atoms with E-state index in [1.807, 2.05) is 19.9 Å². The van der Waals surface area contributed by atoms with Crippen molar-refractivity contribution < 1.29 is 8.78 Å². The van der Waals surface area contributed by atoms with Crippen molar-refractivity contribution in [3.8, 4) is 11.1 Å². The topological polar surface area (TPSA) is 12.0 Å². The molecule has 0 spiro atoms. The fourth-order valence-corrected chi connectivity index (χ4v) is 1.96. The van der Waals surface area contributed by atoms with Crippen molar-refractivity contribution in [2.75, 3.05) is 0 Å². The first-order valence-corrected chi connectivity index (χ1v) is 6.34. The lowest BCUT2D eigenvalue weighted by Gasteiger charge is -2.13. The molecule has 1 N–H and O–H groups in total. The van der Waals surface area contributed by atoms with Crippen LogP contribution in [0.4, 0.5) is 8.78 Å². The highest BCUT2D eigenvalue weighted by molar-refractivity contribution is 5.67. The van der Waals surface area contributed by atoms with Gasteiger partial charge in [-0.25, -0.2) is 8.78 Å². The van der Waals surface area contributed by atoms with Crippen LogP contribution in [-0.2, 0) is 6.54 Å². The first kappa shape index (κ1) is 13.7. The molecule has 0 aliphatic rings. The van der Waals surface area contributed by atoms with E-state index in [1.165, 1.54) is 24.3 Å². The minimum Gasteiger partial charge on any atom is -0.310 e. The van der Waals surface area contributed by atoms with E-state index in [1.54, 1.807) is 12.1 Å². The van der Waals surface area contributed by atoms with Crippen LogP contribution in [0.15, 0.2) is 42.5 Å². The molecule has 0 radical (unpaired) electrons. The highest BCUT2D eigenvalue weighted by atomic mass is 19.1. The highest BCUT2D eigenvalue weighted by Crippen LogP contribution is 2.25. The second-order valence-corrected chi connectivity index (χ2v) is 4.85. The minimum atomic E-state index is -0.287. The number of hydrogen-bond donors (Lipinski definition) is 1. The molecule has 1 nitrogen and oxygen atoms in total. The molecule has 3 heteroatoms. The van der Waals surface area contributed by atoms with E-state index in [9.17, 15) is 8.78 Å². The Bertz CT molecular complexity index is 564. The molecule has 2 rings (SSSR count). The van der Waals surface area contributed by atoms with Crippen LogP contribution in [0.5, 0.6) is 0 Å². The van der Waals surface area contributed by atoms with Gasteiger partial charge in [0.2, 0.25) is 0 Å². The maximum absolute atomic E-state index is 13.4. The van der Waals surface area contributed by atoms with E-state index >= 15 is 0 Å². The van der Waals surface area contributed by atoms with Gasteiger partial charge in [0.05, 0.1) is 0 Å². The molecule has 0 unspecified atom stereocenters. The Labute approximate surface area is 112 Å². The Kier molecular flexibility index (Phi) is 4.27. The maximum atomic E-state index is 13.4. The zero-order valence-electron chi connectivity index (χ0n) is 11.1. The largest absolute Gasteiger partial charge is 0.310 e. The van der Waals surface area contributed by atoms with Crippen molar-refractivity contribution in [1.82, 2.24) is 5.32 Å². The fraction of sp³-hybridized carbons (Fsp3) is 0.250. The number of hydrogen-bond acceptors (Lipinski definition) is 1. The zero-order valence-corrected chi connectivity index (χ0v) is 11.1. The van der Waals surface area contributed by atoms with E-state index in [4.69, 9.17) is 0 Å². The summed E-state index contributed by atoms with van der Waals surface area (Å²) in [6.07, 6.45) is 0. The molecule has 0 saturated carbocycles. The van der Waals surface area contributed by atoms with E-state index in [-0.39, 0.29) is 11.6 Å². The van der Waals surface area contributed by atoms with Crippen LogP contribution in [-0.4, -0.2) is 6.04 Å². The third kappa shape index (κ3) is 3.61. The van der Waals surface area contributed by atoms with Crippen LogP contribution in [0.2, 0.25) is 0 Å². The smallest absolute Gasteiger partial charge is 0.123 e. The minimum absolute atomic E-state index is 0.277. The van der Waals surface area contributed by atoms with Gasteiger partial charge in [0.25, 0.3) is 0 Å². The van der Waals surface area contributed by atoms with Crippen molar-refractivity contribution in [3.05, 3.63) is 59.7 Å².